The van der Waals surface area contributed by atoms with Crippen LogP contribution in [0.25, 0.3) is 22.3 Å². The lowest BCUT2D eigenvalue weighted by Crippen LogP contribution is -2.52. The van der Waals surface area contributed by atoms with E-state index in [2.05, 4.69) is 26.6 Å². The first-order chi connectivity index (χ1) is 28.7. The fourth-order valence-corrected chi connectivity index (χ4v) is 8.19. The van der Waals surface area contributed by atoms with Gasteiger partial charge in [-0.05, 0) is 54.5 Å². The maximum absolute atomic E-state index is 15.3. The Labute approximate surface area is 342 Å². The number of nitrogens with one attached hydrogen (secondary N) is 5. The zero-order valence-electron chi connectivity index (χ0n) is 33.0. The van der Waals surface area contributed by atoms with Gasteiger partial charge in [0, 0.05) is 42.0 Å². The molecule has 3 atom stereocenters. The fourth-order valence-electron chi connectivity index (χ4n) is 8.19. The van der Waals surface area contributed by atoms with Crippen LogP contribution in [0.3, 0.4) is 0 Å². The minimum atomic E-state index is -2.03. The molecule has 2 aromatic heterocycles. The first-order valence-electron chi connectivity index (χ1n) is 19.7. The maximum Gasteiger partial charge on any atom is 0.343 e. The quantitative estimate of drug-likeness (QED) is 0.0738. The van der Waals surface area contributed by atoms with E-state index >= 15 is 4.39 Å². The summed E-state index contributed by atoms with van der Waals surface area (Å²) in [5.74, 6) is -4.08. The molecule has 0 spiro atoms. The molecule has 314 valence electrons. The lowest BCUT2D eigenvalue weighted by molar-refractivity contribution is -0.172. The third-order valence-corrected chi connectivity index (χ3v) is 11.4. The zero-order valence-corrected chi connectivity index (χ0v) is 33.0. The Morgan fingerprint density at radius 2 is 1.75 bits per heavy atom. The highest BCUT2D eigenvalue weighted by Crippen LogP contribution is 2.46. The van der Waals surface area contributed by atoms with Crippen molar-refractivity contribution in [2.45, 2.75) is 76.8 Å². The van der Waals surface area contributed by atoms with Crippen LogP contribution in [0.1, 0.15) is 71.2 Å². The number of hydrogen-bond donors (Lipinski definition) is 7. The number of esters is 1. The van der Waals surface area contributed by atoms with E-state index in [1.807, 2.05) is 0 Å². The summed E-state index contributed by atoms with van der Waals surface area (Å²) in [5.41, 5.74) is 7.46. The number of nitrogens with two attached hydrogens (primary N) is 1. The number of aromatic nitrogens is 2. The minimum Gasteiger partial charge on any atom is -0.458 e. The highest BCUT2D eigenvalue weighted by Gasteiger charge is 2.46. The number of halogens is 1. The molecule has 17 nitrogen and oxygen atoms in total. The molecular weight excluding hydrogens is 780 g/mol. The number of aliphatic hydroxyl groups is 1. The Balaban J connectivity index is 1.03. The molecule has 2 aliphatic heterocycles. The number of ether oxygens (including phenoxy) is 1. The van der Waals surface area contributed by atoms with Crippen molar-refractivity contribution in [2.75, 3.05) is 26.2 Å². The lowest BCUT2D eigenvalue weighted by atomic mass is 9.81. The second-order valence-electron chi connectivity index (χ2n) is 15.1. The molecule has 2 aromatic carbocycles. The van der Waals surface area contributed by atoms with Crippen molar-refractivity contribution >= 4 is 46.4 Å². The number of amides is 5. The highest BCUT2D eigenvalue weighted by molar-refractivity contribution is 5.95. The first-order valence-corrected chi connectivity index (χ1v) is 19.7. The Morgan fingerprint density at radius 1 is 1.00 bits per heavy atom. The summed E-state index contributed by atoms with van der Waals surface area (Å²) in [6.07, 6.45) is 0.802. The number of fused-ring (bicyclic) bond motifs is 5. The SMILES string of the molecule is CC[C@@]1(O)C(=O)OCc2c1cc1n(c2=O)Cc2c-1nc1cc(F)c(C)c3c1c2[C@@H](NC(=O)CCNC(=O)CNC(=O)[C@H](Cc1ccccc1)NC(=O)CNC(=O)CN)CC3. The third kappa shape index (κ3) is 7.94. The number of benzene rings is 2. The van der Waals surface area contributed by atoms with Crippen molar-refractivity contribution in [3.63, 3.8) is 0 Å². The number of rotatable bonds is 14. The smallest absolute Gasteiger partial charge is 0.343 e. The van der Waals surface area contributed by atoms with Gasteiger partial charge in [-0.1, -0.05) is 37.3 Å². The van der Waals surface area contributed by atoms with Crippen molar-refractivity contribution in [1.82, 2.24) is 36.1 Å². The van der Waals surface area contributed by atoms with Gasteiger partial charge in [-0.2, -0.15) is 0 Å². The molecular formula is C42H45FN8O9. The normalized spacial score (nSPS) is 17.7. The zero-order chi connectivity index (χ0) is 42.9. The van der Waals surface area contributed by atoms with Gasteiger partial charge >= 0.3 is 5.97 Å². The summed E-state index contributed by atoms with van der Waals surface area (Å²) in [6.45, 7) is 1.87. The van der Waals surface area contributed by atoms with Gasteiger partial charge in [0.2, 0.25) is 29.5 Å². The number of pyridine rings is 2. The van der Waals surface area contributed by atoms with Gasteiger partial charge in [0.1, 0.15) is 18.5 Å². The third-order valence-electron chi connectivity index (χ3n) is 11.4. The van der Waals surface area contributed by atoms with Crippen LogP contribution in [0.5, 0.6) is 0 Å². The molecule has 0 saturated heterocycles. The molecule has 0 unspecified atom stereocenters. The van der Waals surface area contributed by atoms with E-state index in [4.69, 9.17) is 15.5 Å². The van der Waals surface area contributed by atoms with E-state index in [9.17, 15) is 38.7 Å². The fraction of sp³-hybridized carbons (Fsp3) is 0.381. The van der Waals surface area contributed by atoms with Crippen LogP contribution in [-0.4, -0.2) is 82.4 Å². The monoisotopic (exact) mass is 824 g/mol. The molecule has 8 N–H and O–H groups in total. The summed E-state index contributed by atoms with van der Waals surface area (Å²) in [7, 11) is 0. The second-order valence-corrected chi connectivity index (χ2v) is 15.1. The van der Waals surface area contributed by atoms with E-state index in [0.717, 1.165) is 11.1 Å². The van der Waals surface area contributed by atoms with Crippen molar-refractivity contribution < 1.29 is 43.0 Å². The van der Waals surface area contributed by atoms with Crippen LogP contribution in [0.4, 0.5) is 4.39 Å². The number of cyclic esters (lactones) is 1. The Morgan fingerprint density at radius 3 is 2.48 bits per heavy atom. The summed E-state index contributed by atoms with van der Waals surface area (Å²) in [4.78, 5) is 94.8. The van der Waals surface area contributed by atoms with E-state index in [1.54, 1.807) is 50.2 Å². The van der Waals surface area contributed by atoms with E-state index in [0.29, 0.717) is 51.8 Å². The standard InChI is InChI=1S/C42H45FN8O9/c1-3-42(59)26-14-31-38-24(19-51(31)40(57)25(26)20-60-41(42)58)37-28(10-9-23-21(2)27(43)15-29(50-38)36(23)37)48-32(52)11-12-45-34(54)17-47-39(56)30(13-22-7-5-4-6-8-22)49-35(55)18-46-33(53)16-44/h4-8,14-15,28,30,59H,3,9-13,16-20,44H2,1-2H3,(H,45,54)(H,46,53)(H,47,56)(H,48,52)(H,49,55)/t28-,30-,42-/m0/s1. The maximum atomic E-state index is 15.3. The van der Waals surface area contributed by atoms with Crippen LogP contribution < -0.4 is 37.9 Å². The molecule has 0 radical (unpaired) electrons. The number of hydrogen-bond acceptors (Lipinski definition) is 11. The molecule has 0 bridgehead atoms. The number of carbonyl (C=O) groups is 6. The van der Waals surface area contributed by atoms with Gasteiger partial charge < -0.3 is 46.7 Å². The van der Waals surface area contributed by atoms with E-state index in [-0.39, 0.29) is 56.6 Å². The Bertz CT molecular complexity index is 2510. The largest absolute Gasteiger partial charge is 0.458 e. The average molecular weight is 825 g/mol. The van der Waals surface area contributed by atoms with Crippen LogP contribution in [0, 0.1) is 12.7 Å². The van der Waals surface area contributed by atoms with Crippen LogP contribution >= 0.6 is 0 Å². The van der Waals surface area contributed by atoms with E-state index < -0.39 is 77.7 Å². The lowest BCUT2D eigenvalue weighted by Gasteiger charge is -2.31. The first kappa shape index (κ1) is 41.6. The molecule has 1 aliphatic carbocycles. The Hall–Kier alpha value is -6.53. The van der Waals surface area contributed by atoms with Gasteiger partial charge in [-0.25, -0.2) is 14.2 Å². The summed E-state index contributed by atoms with van der Waals surface area (Å²) in [5, 5.41) is 25.1. The summed E-state index contributed by atoms with van der Waals surface area (Å²) < 4.78 is 22.0. The number of aryl methyl sites for hydroxylation is 1. The second kappa shape index (κ2) is 17.0. The van der Waals surface area contributed by atoms with Crippen molar-refractivity contribution in [3.8, 4) is 11.4 Å². The molecule has 7 rings (SSSR count). The Kier molecular flexibility index (Phi) is 11.8. The highest BCUT2D eigenvalue weighted by atomic mass is 19.1. The van der Waals surface area contributed by atoms with Crippen molar-refractivity contribution in [2.24, 2.45) is 5.73 Å². The number of carbonyl (C=O) groups excluding carboxylic acids is 6. The van der Waals surface area contributed by atoms with Crippen LogP contribution in [0.15, 0.2) is 47.3 Å². The minimum absolute atomic E-state index is 0.0316. The molecule has 5 amide bonds. The van der Waals surface area contributed by atoms with Crippen molar-refractivity contribution in [3.05, 3.63) is 97.6 Å². The van der Waals surface area contributed by atoms with Gasteiger partial charge in [0.05, 0.1) is 54.7 Å². The van der Waals surface area contributed by atoms with Gasteiger partial charge in [0.25, 0.3) is 5.56 Å². The van der Waals surface area contributed by atoms with Crippen molar-refractivity contribution in [1.29, 1.82) is 0 Å². The van der Waals surface area contributed by atoms with Crippen LogP contribution in [-0.2, 0) is 65.1 Å². The summed E-state index contributed by atoms with van der Waals surface area (Å²) in [6, 6.07) is 10.2. The molecule has 4 aromatic rings. The molecule has 3 aliphatic rings. The van der Waals surface area contributed by atoms with E-state index in [1.165, 1.54) is 10.6 Å². The summed E-state index contributed by atoms with van der Waals surface area (Å²) >= 11 is 0. The molecule has 60 heavy (non-hydrogen) atoms. The average Bonchev–Trinajstić information content (AvgIpc) is 3.61. The number of nitrogens with zero attached hydrogens (tertiary/aromatic N) is 2. The molecule has 18 heteroatoms. The van der Waals surface area contributed by atoms with Gasteiger partial charge in [-0.3, -0.25) is 28.8 Å². The predicted molar refractivity (Wildman–Crippen MR) is 213 cm³/mol. The molecule has 4 heterocycles. The van der Waals surface area contributed by atoms with Gasteiger partial charge in [0.15, 0.2) is 5.60 Å². The van der Waals surface area contributed by atoms with Gasteiger partial charge in [-0.15, -0.1) is 0 Å². The topological polar surface area (TPSA) is 253 Å². The van der Waals surface area contributed by atoms with Crippen LogP contribution in [0.2, 0.25) is 0 Å². The molecule has 0 fully saturated rings. The predicted octanol–water partition coefficient (Wildman–Crippen LogP) is 0.0555. The molecule has 0 saturated carbocycles.